The zero-order chi connectivity index (χ0) is 14.3. The Labute approximate surface area is 113 Å². The zero-order valence-electron chi connectivity index (χ0n) is 11.6. The molecule has 0 spiro atoms. The molecule has 0 heterocycles. The standard InChI is InChI=1S/C14H21N3O2/c1-4-15-14(19)17-13(18)11(3)16-10(2)12-8-6-5-7-9-12/h5-11,16H,4H2,1-3H3,(H2,15,17,18,19)/t10-,11?/m0/s1. The van der Waals surface area contributed by atoms with E-state index in [9.17, 15) is 9.59 Å². The van der Waals surface area contributed by atoms with Crippen LogP contribution in [0.25, 0.3) is 0 Å². The SMILES string of the molecule is CCNC(=O)NC(=O)C(C)N[C@@H](C)c1ccccc1. The summed E-state index contributed by atoms with van der Waals surface area (Å²) < 4.78 is 0. The van der Waals surface area contributed by atoms with Crippen LogP contribution in [0.3, 0.4) is 0 Å². The molecule has 0 radical (unpaired) electrons. The number of hydrogen-bond donors (Lipinski definition) is 3. The third kappa shape index (κ3) is 5.09. The summed E-state index contributed by atoms with van der Waals surface area (Å²) >= 11 is 0. The average molecular weight is 263 g/mol. The van der Waals surface area contributed by atoms with E-state index in [1.165, 1.54) is 0 Å². The van der Waals surface area contributed by atoms with Crippen LogP contribution in [-0.4, -0.2) is 24.5 Å². The number of amides is 3. The summed E-state index contributed by atoms with van der Waals surface area (Å²) in [6.07, 6.45) is 0. The summed E-state index contributed by atoms with van der Waals surface area (Å²) in [5.41, 5.74) is 1.10. The van der Waals surface area contributed by atoms with E-state index < -0.39 is 12.1 Å². The fourth-order valence-electron chi connectivity index (χ4n) is 1.71. The normalized spacial score (nSPS) is 13.4. The highest BCUT2D eigenvalue weighted by molar-refractivity contribution is 5.96. The van der Waals surface area contributed by atoms with Crippen LogP contribution in [0.2, 0.25) is 0 Å². The van der Waals surface area contributed by atoms with Gasteiger partial charge in [0.25, 0.3) is 0 Å². The molecule has 0 aliphatic carbocycles. The van der Waals surface area contributed by atoms with Gasteiger partial charge in [0, 0.05) is 12.6 Å². The van der Waals surface area contributed by atoms with Crippen molar-refractivity contribution in [2.75, 3.05) is 6.54 Å². The molecule has 0 fully saturated rings. The summed E-state index contributed by atoms with van der Waals surface area (Å²) in [4.78, 5) is 23.0. The maximum absolute atomic E-state index is 11.8. The molecule has 0 aliphatic rings. The first kappa shape index (κ1) is 15.2. The molecule has 0 aromatic heterocycles. The fraction of sp³-hybridized carbons (Fsp3) is 0.429. The van der Waals surface area contributed by atoms with Gasteiger partial charge >= 0.3 is 6.03 Å². The molecular weight excluding hydrogens is 242 g/mol. The van der Waals surface area contributed by atoms with Crippen molar-refractivity contribution in [2.45, 2.75) is 32.9 Å². The van der Waals surface area contributed by atoms with E-state index in [0.717, 1.165) is 5.56 Å². The van der Waals surface area contributed by atoms with Gasteiger partial charge in [0.05, 0.1) is 6.04 Å². The van der Waals surface area contributed by atoms with Crippen LogP contribution in [0.15, 0.2) is 30.3 Å². The Kier molecular flexibility index (Phi) is 6.02. The average Bonchev–Trinajstić information content (AvgIpc) is 2.39. The Morgan fingerprint density at radius 1 is 1.16 bits per heavy atom. The van der Waals surface area contributed by atoms with Crippen LogP contribution in [0.4, 0.5) is 4.79 Å². The third-order valence-corrected chi connectivity index (χ3v) is 2.77. The van der Waals surface area contributed by atoms with E-state index in [2.05, 4.69) is 16.0 Å². The highest BCUT2D eigenvalue weighted by Crippen LogP contribution is 2.11. The lowest BCUT2D eigenvalue weighted by Crippen LogP contribution is -2.48. The van der Waals surface area contributed by atoms with Crippen LogP contribution in [0.5, 0.6) is 0 Å². The van der Waals surface area contributed by atoms with Crippen LogP contribution in [0.1, 0.15) is 32.4 Å². The second-order valence-electron chi connectivity index (χ2n) is 4.37. The Balaban J connectivity index is 2.48. The lowest BCUT2D eigenvalue weighted by atomic mass is 10.1. The summed E-state index contributed by atoms with van der Waals surface area (Å²) in [7, 11) is 0. The molecule has 5 nitrogen and oxygen atoms in total. The molecule has 5 heteroatoms. The van der Waals surface area contributed by atoms with Gasteiger partial charge in [-0.1, -0.05) is 30.3 Å². The topological polar surface area (TPSA) is 70.2 Å². The van der Waals surface area contributed by atoms with Gasteiger partial charge in [0.2, 0.25) is 5.91 Å². The maximum Gasteiger partial charge on any atom is 0.321 e. The number of hydrogen-bond acceptors (Lipinski definition) is 3. The first-order chi connectivity index (χ1) is 9.04. The minimum absolute atomic E-state index is 0.0381. The van der Waals surface area contributed by atoms with Gasteiger partial charge in [0.15, 0.2) is 0 Å². The molecule has 19 heavy (non-hydrogen) atoms. The number of benzene rings is 1. The van der Waals surface area contributed by atoms with Crippen molar-refractivity contribution in [3.63, 3.8) is 0 Å². The molecule has 2 atom stereocenters. The predicted molar refractivity (Wildman–Crippen MR) is 74.7 cm³/mol. The fourth-order valence-corrected chi connectivity index (χ4v) is 1.71. The predicted octanol–water partition coefficient (Wildman–Crippen LogP) is 1.57. The summed E-state index contributed by atoms with van der Waals surface area (Å²) in [5, 5.41) is 7.95. The number of carbonyl (C=O) groups excluding carboxylic acids is 2. The molecule has 1 aromatic rings. The molecule has 104 valence electrons. The summed E-state index contributed by atoms with van der Waals surface area (Å²) in [5.74, 6) is -0.339. The molecule has 1 rings (SSSR count). The van der Waals surface area contributed by atoms with E-state index in [1.807, 2.05) is 37.3 Å². The Morgan fingerprint density at radius 2 is 1.79 bits per heavy atom. The molecule has 3 N–H and O–H groups in total. The largest absolute Gasteiger partial charge is 0.338 e. The quantitative estimate of drug-likeness (QED) is 0.755. The molecule has 1 aromatic carbocycles. The van der Waals surface area contributed by atoms with Gasteiger partial charge in [0.1, 0.15) is 0 Å². The van der Waals surface area contributed by atoms with Gasteiger partial charge in [-0.2, -0.15) is 0 Å². The van der Waals surface area contributed by atoms with Crippen molar-refractivity contribution in [3.05, 3.63) is 35.9 Å². The smallest absolute Gasteiger partial charge is 0.321 e. The van der Waals surface area contributed by atoms with Crippen LogP contribution >= 0.6 is 0 Å². The van der Waals surface area contributed by atoms with Crippen molar-refractivity contribution < 1.29 is 9.59 Å². The monoisotopic (exact) mass is 263 g/mol. The highest BCUT2D eigenvalue weighted by Gasteiger charge is 2.17. The van der Waals surface area contributed by atoms with Crippen LogP contribution < -0.4 is 16.0 Å². The third-order valence-electron chi connectivity index (χ3n) is 2.77. The minimum Gasteiger partial charge on any atom is -0.338 e. The van der Waals surface area contributed by atoms with Crippen LogP contribution in [0, 0.1) is 0 Å². The molecular formula is C14H21N3O2. The Hall–Kier alpha value is -1.88. The Bertz CT molecular complexity index is 420. The van der Waals surface area contributed by atoms with E-state index in [0.29, 0.717) is 6.54 Å². The van der Waals surface area contributed by atoms with Gasteiger partial charge in [-0.3, -0.25) is 15.4 Å². The van der Waals surface area contributed by atoms with Crippen molar-refractivity contribution in [2.24, 2.45) is 0 Å². The number of carbonyl (C=O) groups is 2. The lowest BCUT2D eigenvalue weighted by Gasteiger charge is -2.19. The number of rotatable bonds is 5. The van der Waals surface area contributed by atoms with Gasteiger partial charge in [-0.15, -0.1) is 0 Å². The molecule has 3 amide bonds. The van der Waals surface area contributed by atoms with Gasteiger partial charge < -0.3 is 5.32 Å². The zero-order valence-corrected chi connectivity index (χ0v) is 11.6. The Morgan fingerprint density at radius 3 is 2.37 bits per heavy atom. The number of nitrogens with one attached hydrogen (secondary N) is 3. The highest BCUT2D eigenvalue weighted by atomic mass is 16.2. The maximum atomic E-state index is 11.8. The molecule has 1 unspecified atom stereocenters. The van der Waals surface area contributed by atoms with E-state index in [-0.39, 0.29) is 11.9 Å². The van der Waals surface area contributed by atoms with Gasteiger partial charge in [-0.25, -0.2) is 4.79 Å². The summed E-state index contributed by atoms with van der Waals surface area (Å²) in [6, 6.07) is 8.96. The first-order valence-electron chi connectivity index (χ1n) is 6.44. The van der Waals surface area contributed by atoms with Crippen LogP contribution in [-0.2, 0) is 4.79 Å². The van der Waals surface area contributed by atoms with Crippen molar-refractivity contribution >= 4 is 11.9 Å². The van der Waals surface area contributed by atoms with Gasteiger partial charge in [-0.05, 0) is 26.3 Å². The molecule has 0 aliphatic heterocycles. The first-order valence-corrected chi connectivity index (χ1v) is 6.44. The second kappa shape index (κ2) is 7.53. The second-order valence-corrected chi connectivity index (χ2v) is 4.37. The molecule has 0 bridgehead atoms. The number of imide groups is 1. The van der Waals surface area contributed by atoms with Crippen molar-refractivity contribution in [1.29, 1.82) is 0 Å². The lowest BCUT2D eigenvalue weighted by molar-refractivity contribution is -0.121. The van der Waals surface area contributed by atoms with Crippen molar-refractivity contribution in [3.8, 4) is 0 Å². The molecule has 0 saturated heterocycles. The minimum atomic E-state index is -0.464. The van der Waals surface area contributed by atoms with E-state index in [1.54, 1.807) is 13.8 Å². The molecule has 0 saturated carbocycles. The van der Waals surface area contributed by atoms with Crippen molar-refractivity contribution in [1.82, 2.24) is 16.0 Å². The summed E-state index contributed by atoms with van der Waals surface area (Å²) in [6.45, 7) is 5.99. The van der Waals surface area contributed by atoms with E-state index in [4.69, 9.17) is 0 Å². The number of urea groups is 1. The van der Waals surface area contributed by atoms with E-state index >= 15 is 0 Å².